The number of nitriles is 1. The molecule has 1 aromatic rings. The molecule has 0 aliphatic rings. The van der Waals surface area contributed by atoms with Crippen LogP contribution in [-0.4, -0.2) is 26.3 Å². The molecule has 0 fully saturated rings. The zero-order valence-corrected chi connectivity index (χ0v) is 6.52. The maximum Gasteiger partial charge on any atom is 0.172 e. The van der Waals surface area contributed by atoms with Gasteiger partial charge in [-0.3, -0.25) is 0 Å². The Morgan fingerprint density at radius 2 is 2.33 bits per heavy atom. The van der Waals surface area contributed by atoms with Crippen molar-refractivity contribution >= 4 is 0 Å². The average Bonchev–Trinajstić information content (AvgIpc) is 2.48. The minimum absolute atomic E-state index is 0.309. The summed E-state index contributed by atoms with van der Waals surface area (Å²) in [6, 6.07) is 1.53. The van der Waals surface area contributed by atoms with Crippen molar-refractivity contribution in [2.24, 2.45) is 0 Å². The predicted octanol–water partition coefficient (Wildman–Crippen LogP) is -0.364. The molecule has 2 unspecified atom stereocenters. The third-order valence-electron chi connectivity index (χ3n) is 1.58. The molecule has 3 N–H and O–H groups in total. The lowest BCUT2D eigenvalue weighted by Crippen LogP contribution is -2.16. The van der Waals surface area contributed by atoms with Gasteiger partial charge >= 0.3 is 0 Å². The third kappa shape index (κ3) is 1.44. The highest BCUT2D eigenvalue weighted by Crippen LogP contribution is 2.16. The molecule has 0 amide bonds. The summed E-state index contributed by atoms with van der Waals surface area (Å²) in [7, 11) is 0. The van der Waals surface area contributed by atoms with Gasteiger partial charge in [0.15, 0.2) is 6.10 Å². The number of imidazole rings is 1. The number of nitrogens with zero attached hydrogens (tertiary/aromatic N) is 2. The smallest absolute Gasteiger partial charge is 0.172 e. The molecule has 0 saturated carbocycles. The van der Waals surface area contributed by atoms with Crippen LogP contribution in [0, 0.1) is 18.3 Å². The van der Waals surface area contributed by atoms with E-state index in [1.807, 2.05) is 0 Å². The maximum atomic E-state index is 9.30. The van der Waals surface area contributed by atoms with E-state index in [1.165, 1.54) is 12.4 Å². The summed E-state index contributed by atoms with van der Waals surface area (Å²) < 4.78 is 0. The second-order valence-electron chi connectivity index (χ2n) is 2.43. The van der Waals surface area contributed by atoms with Gasteiger partial charge < -0.3 is 15.2 Å². The van der Waals surface area contributed by atoms with Crippen molar-refractivity contribution in [1.82, 2.24) is 9.97 Å². The molecule has 64 valence electrons. The number of hydrogen-bond acceptors (Lipinski definition) is 4. The lowest BCUT2D eigenvalue weighted by Gasteiger charge is -2.08. The Balaban J connectivity index is 2.86. The van der Waals surface area contributed by atoms with Crippen molar-refractivity contribution in [2.75, 3.05) is 0 Å². The third-order valence-corrected chi connectivity index (χ3v) is 1.58. The predicted molar refractivity (Wildman–Crippen MR) is 39.9 cm³/mol. The summed E-state index contributed by atoms with van der Waals surface area (Å²) in [5, 5.41) is 26.6. The Bertz CT molecular complexity index is 302. The zero-order valence-electron chi connectivity index (χ0n) is 6.52. The van der Waals surface area contributed by atoms with Gasteiger partial charge in [0.1, 0.15) is 6.10 Å². The van der Waals surface area contributed by atoms with Gasteiger partial charge in [0.25, 0.3) is 0 Å². The summed E-state index contributed by atoms with van der Waals surface area (Å²) >= 11 is 0. The molecule has 1 rings (SSSR count). The standard InChI is InChI=1S/C7H9N3O2/c1-4-6(10-3-9-4)7(12)5(11)2-8/h3,5,7,11-12H,1H3,(H,9,10). The molecule has 0 bridgehead atoms. The molecule has 12 heavy (non-hydrogen) atoms. The van der Waals surface area contributed by atoms with Crippen molar-refractivity contribution in [3.05, 3.63) is 17.7 Å². The van der Waals surface area contributed by atoms with Gasteiger partial charge in [-0.25, -0.2) is 4.98 Å². The summed E-state index contributed by atoms with van der Waals surface area (Å²) in [6.45, 7) is 1.70. The summed E-state index contributed by atoms with van der Waals surface area (Å²) in [5.74, 6) is 0. The minimum atomic E-state index is -1.42. The van der Waals surface area contributed by atoms with Gasteiger partial charge in [-0.15, -0.1) is 0 Å². The summed E-state index contributed by atoms with van der Waals surface area (Å²) in [5.41, 5.74) is 0.959. The molecule has 1 heterocycles. The highest BCUT2D eigenvalue weighted by Gasteiger charge is 2.21. The molecule has 0 aliphatic heterocycles. The maximum absolute atomic E-state index is 9.30. The molecule has 0 spiro atoms. The Morgan fingerprint density at radius 1 is 1.67 bits per heavy atom. The van der Waals surface area contributed by atoms with Gasteiger partial charge in [0.2, 0.25) is 0 Å². The fourth-order valence-corrected chi connectivity index (χ4v) is 0.888. The fourth-order valence-electron chi connectivity index (χ4n) is 0.888. The monoisotopic (exact) mass is 167 g/mol. The number of aliphatic hydroxyl groups is 2. The quantitative estimate of drug-likeness (QED) is 0.524. The van der Waals surface area contributed by atoms with E-state index in [4.69, 9.17) is 10.4 Å². The fraction of sp³-hybridized carbons (Fsp3) is 0.429. The van der Waals surface area contributed by atoms with E-state index in [-0.39, 0.29) is 0 Å². The molecule has 0 radical (unpaired) electrons. The van der Waals surface area contributed by atoms with Crippen LogP contribution in [-0.2, 0) is 0 Å². The molecular weight excluding hydrogens is 158 g/mol. The van der Waals surface area contributed by atoms with Gasteiger partial charge in [-0.1, -0.05) is 0 Å². The van der Waals surface area contributed by atoms with Crippen LogP contribution in [0.3, 0.4) is 0 Å². The van der Waals surface area contributed by atoms with Gasteiger partial charge in [-0.2, -0.15) is 5.26 Å². The Morgan fingerprint density at radius 3 is 2.75 bits per heavy atom. The van der Waals surface area contributed by atoms with Crippen LogP contribution >= 0.6 is 0 Å². The molecule has 0 aromatic carbocycles. The van der Waals surface area contributed by atoms with E-state index in [1.54, 1.807) is 6.92 Å². The van der Waals surface area contributed by atoms with Crippen molar-refractivity contribution in [3.63, 3.8) is 0 Å². The number of nitrogens with one attached hydrogen (secondary N) is 1. The van der Waals surface area contributed by atoms with Crippen molar-refractivity contribution in [1.29, 1.82) is 5.26 Å². The normalized spacial score (nSPS) is 15.2. The zero-order chi connectivity index (χ0) is 9.14. The summed E-state index contributed by atoms with van der Waals surface area (Å²) in [6.07, 6.45) is -1.26. The lowest BCUT2D eigenvalue weighted by atomic mass is 10.1. The number of aromatic amines is 1. The van der Waals surface area contributed by atoms with E-state index in [9.17, 15) is 5.11 Å². The van der Waals surface area contributed by atoms with Crippen LogP contribution in [0.2, 0.25) is 0 Å². The highest BCUT2D eigenvalue weighted by molar-refractivity contribution is 5.15. The van der Waals surface area contributed by atoms with E-state index in [0.717, 1.165) is 0 Å². The first-order valence-corrected chi connectivity index (χ1v) is 3.42. The topological polar surface area (TPSA) is 92.9 Å². The highest BCUT2D eigenvalue weighted by atomic mass is 16.3. The Labute approximate surface area is 69.3 Å². The SMILES string of the molecule is Cc1[nH]cnc1C(O)C(O)C#N. The number of rotatable bonds is 2. The number of aliphatic hydroxyl groups excluding tert-OH is 2. The molecule has 2 atom stereocenters. The van der Waals surface area contributed by atoms with E-state index in [0.29, 0.717) is 11.4 Å². The molecular formula is C7H9N3O2. The van der Waals surface area contributed by atoms with E-state index >= 15 is 0 Å². The average molecular weight is 167 g/mol. The Kier molecular flexibility index (Phi) is 2.43. The van der Waals surface area contributed by atoms with Crippen LogP contribution in [0.5, 0.6) is 0 Å². The molecule has 1 aromatic heterocycles. The minimum Gasteiger partial charge on any atom is -0.383 e. The largest absolute Gasteiger partial charge is 0.383 e. The van der Waals surface area contributed by atoms with E-state index in [2.05, 4.69) is 9.97 Å². The molecule has 0 saturated heterocycles. The second kappa shape index (κ2) is 3.34. The second-order valence-corrected chi connectivity index (χ2v) is 2.43. The number of aryl methyl sites for hydroxylation is 1. The molecule has 0 aliphatic carbocycles. The molecule has 5 heteroatoms. The van der Waals surface area contributed by atoms with E-state index < -0.39 is 12.2 Å². The van der Waals surface area contributed by atoms with Gasteiger partial charge in [0, 0.05) is 5.69 Å². The number of hydrogen-bond donors (Lipinski definition) is 3. The van der Waals surface area contributed by atoms with Crippen molar-refractivity contribution in [3.8, 4) is 6.07 Å². The first-order chi connectivity index (χ1) is 5.66. The first kappa shape index (κ1) is 8.71. The van der Waals surface area contributed by atoms with Crippen molar-refractivity contribution < 1.29 is 10.2 Å². The van der Waals surface area contributed by atoms with Gasteiger partial charge in [0.05, 0.1) is 18.1 Å². The lowest BCUT2D eigenvalue weighted by molar-refractivity contribution is 0.0497. The first-order valence-electron chi connectivity index (χ1n) is 3.42. The van der Waals surface area contributed by atoms with Crippen LogP contribution < -0.4 is 0 Å². The van der Waals surface area contributed by atoms with Gasteiger partial charge in [-0.05, 0) is 6.92 Å². The van der Waals surface area contributed by atoms with Crippen LogP contribution in [0.1, 0.15) is 17.5 Å². The number of aromatic nitrogens is 2. The molecule has 5 nitrogen and oxygen atoms in total. The Hall–Kier alpha value is -1.38. The van der Waals surface area contributed by atoms with Crippen LogP contribution in [0.4, 0.5) is 0 Å². The van der Waals surface area contributed by atoms with Crippen LogP contribution in [0.25, 0.3) is 0 Å². The van der Waals surface area contributed by atoms with Crippen molar-refractivity contribution in [2.45, 2.75) is 19.1 Å². The van der Waals surface area contributed by atoms with Crippen LogP contribution in [0.15, 0.2) is 6.33 Å². The summed E-state index contributed by atoms with van der Waals surface area (Å²) in [4.78, 5) is 6.50. The number of H-pyrrole nitrogens is 1.